The molecule has 6 heteroatoms. The van der Waals surface area contributed by atoms with Gasteiger partial charge in [-0.25, -0.2) is 4.79 Å². The van der Waals surface area contributed by atoms with Gasteiger partial charge in [0.2, 0.25) is 0 Å². The summed E-state index contributed by atoms with van der Waals surface area (Å²) in [6, 6.07) is 2.90. The normalized spacial score (nSPS) is 9.78. The molecule has 0 aliphatic rings. The summed E-state index contributed by atoms with van der Waals surface area (Å²) in [5, 5.41) is 0.136. The predicted octanol–water partition coefficient (Wildman–Crippen LogP) is 2.07. The molecule has 0 heterocycles. The molecule has 0 unspecified atom stereocenters. The zero-order valence-electron chi connectivity index (χ0n) is 10.3. The first-order valence-electron chi connectivity index (χ1n) is 5.02. The standard InChI is InChI=1S/C12H13BrO5/c1-16-9-4-7(12(15)18-3)5-10(17-2)11(9)8(14)6-13/h4-5H,6H2,1-3H3. The highest BCUT2D eigenvalue weighted by atomic mass is 79.9. The second kappa shape index (κ2) is 6.39. The minimum absolute atomic E-state index is 0.136. The molecule has 0 saturated heterocycles. The number of esters is 1. The van der Waals surface area contributed by atoms with E-state index in [9.17, 15) is 9.59 Å². The van der Waals surface area contributed by atoms with Crippen LogP contribution in [-0.4, -0.2) is 38.4 Å². The van der Waals surface area contributed by atoms with Crippen LogP contribution in [0, 0.1) is 0 Å². The molecule has 0 fully saturated rings. The summed E-state index contributed by atoms with van der Waals surface area (Å²) in [5.74, 6) is -0.164. The fraction of sp³-hybridized carbons (Fsp3) is 0.333. The maximum absolute atomic E-state index is 11.8. The van der Waals surface area contributed by atoms with Crippen molar-refractivity contribution in [3.8, 4) is 11.5 Å². The van der Waals surface area contributed by atoms with Crippen molar-refractivity contribution in [2.24, 2.45) is 0 Å². The molecular weight excluding hydrogens is 304 g/mol. The van der Waals surface area contributed by atoms with Gasteiger partial charge in [0, 0.05) is 0 Å². The van der Waals surface area contributed by atoms with Crippen LogP contribution >= 0.6 is 15.9 Å². The number of Topliss-reactive ketones (excluding diaryl/α,β-unsaturated/α-hetero) is 1. The monoisotopic (exact) mass is 316 g/mol. The number of halogens is 1. The van der Waals surface area contributed by atoms with Gasteiger partial charge in [0.25, 0.3) is 0 Å². The molecule has 1 rings (SSSR count). The minimum Gasteiger partial charge on any atom is -0.496 e. The Morgan fingerprint density at radius 1 is 1.11 bits per heavy atom. The van der Waals surface area contributed by atoms with Crippen LogP contribution in [0.5, 0.6) is 11.5 Å². The molecular formula is C12H13BrO5. The van der Waals surface area contributed by atoms with Gasteiger partial charge in [-0.15, -0.1) is 0 Å². The smallest absolute Gasteiger partial charge is 0.338 e. The summed E-state index contributed by atoms with van der Waals surface area (Å²) >= 11 is 3.09. The first-order valence-corrected chi connectivity index (χ1v) is 6.14. The van der Waals surface area contributed by atoms with Crippen molar-refractivity contribution in [3.63, 3.8) is 0 Å². The van der Waals surface area contributed by atoms with Crippen molar-refractivity contribution < 1.29 is 23.8 Å². The molecule has 0 N–H and O–H groups in total. The average Bonchev–Trinajstić information content (AvgIpc) is 2.43. The third kappa shape index (κ3) is 2.81. The van der Waals surface area contributed by atoms with Gasteiger partial charge in [-0.3, -0.25) is 4.79 Å². The lowest BCUT2D eigenvalue weighted by Gasteiger charge is -2.13. The Kier molecular flexibility index (Phi) is 5.15. The number of rotatable bonds is 5. The van der Waals surface area contributed by atoms with Crippen molar-refractivity contribution in [2.45, 2.75) is 0 Å². The van der Waals surface area contributed by atoms with Crippen LogP contribution in [0.3, 0.4) is 0 Å². The third-order valence-electron chi connectivity index (χ3n) is 2.33. The molecule has 0 bridgehead atoms. The molecule has 0 amide bonds. The van der Waals surface area contributed by atoms with E-state index in [1.807, 2.05) is 0 Å². The van der Waals surface area contributed by atoms with Crippen molar-refractivity contribution in [1.82, 2.24) is 0 Å². The van der Waals surface area contributed by atoms with E-state index in [0.29, 0.717) is 5.56 Å². The Hall–Kier alpha value is -1.56. The second-order valence-corrected chi connectivity index (χ2v) is 3.86. The Bertz CT molecular complexity index is 445. The molecule has 5 nitrogen and oxygen atoms in total. The van der Waals surface area contributed by atoms with E-state index >= 15 is 0 Å². The van der Waals surface area contributed by atoms with E-state index in [-0.39, 0.29) is 28.2 Å². The van der Waals surface area contributed by atoms with Gasteiger partial charge in [-0.1, -0.05) is 15.9 Å². The predicted molar refractivity (Wildman–Crippen MR) is 69.0 cm³/mol. The van der Waals surface area contributed by atoms with E-state index < -0.39 is 5.97 Å². The molecule has 0 saturated carbocycles. The van der Waals surface area contributed by atoms with E-state index in [0.717, 1.165) is 0 Å². The molecule has 0 aliphatic carbocycles. The quantitative estimate of drug-likeness (QED) is 0.473. The average molecular weight is 317 g/mol. The van der Waals surface area contributed by atoms with Crippen LogP contribution in [0.15, 0.2) is 12.1 Å². The fourth-order valence-electron chi connectivity index (χ4n) is 1.49. The number of carbonyl (C=O) groups is 2. The Morgan fingerprint density at radius 3 is 1.94 bits per heavy atom. The summed E-state index contributed by atoms with van der Waals surface area (Å²) in [6.45, 7) is 0. The first kappa shape index (κ1) is 14.5. The van der Waals surface area contributed by atoms with Crippen LogP contribution in [0.1, 0.15) is 20.7 Å². The molecule has 0 radical (unpaired) electrons. The highest BCUT2D eigenvalue weighted by molar-refractivity contribution is 9.09. The third-order valence-corrected chi connectivity index (χ3v) is 2.84. The van der Waals surface area contributed by atoms with Gasteiger partial charge in [-0.05, 0) is 12.1 Å². The topological polar surface area (TPSA) is 61.8 Å². The van der Waals surface area contributed by atoms with Gasteiger partial charge in [-0.2, -0.15) is 0 Å². The minimum atomic E-state index is -0.524. The molecule has 18 heavy (non-hydrogen) atoms. The molecule has 0 spiro atoms. The zero-order chi connectivity index (χ0) is 13.7. The second-order valence-electron chi connectivity index (χ2n) is 3.30. The first-order chi connectivity index (χ1) is 8.58. The maximum Gasteiger partial charge on any atom is 0.338 e. The summed E-state index contributed by atoms with van der Waals surface area (Å²) in [4.78, 5) is 23.3. The fourth-order valence-corrected chi connectivity index (χ4v) is 1.77. The molecule has 0 atom stereocenters. The van der Waals surface area contributed by atoms with Crippen molar-refractivity contribution in [2.75, 3.05) is 26.7 Å². The Balaban J connectivity index is 3.43. The largest absolute Gasteiger partial charge is 0.496 e. The molecule has 0 aromatic heterocycles. The van der Waals surface area contributed by atoms with Gasteiger partial charge in [0.15, 0.2) is 5.78 Å². The summed E-state index contributed by atoms with van der Waals surface area (Å²) in [6.07, 6.45) is 0. The van der Waals surface area contributed by atoms with Gasteiger partial charge < -0.3 is 14.2 Å². The SMILES string of the molecule is COC(=O)c1cc(OC)c(C(=O)CBr)c(OC)c1. The van der Waals surface area contributed by atoms with Crippen molar-refractivity contribution >= 4 is 27.7 Å². The number of benzene rings is 1. The van der Waals surface area contributed by atoms with Crippen LogP contribution in [0.2, 0.25) is 0 Å². The Morgan fingerprint density at radius 2 is 1.61 bits per heavy atom. The molecule has 98 valence electrons. The number of alkyl halides is 1. The zero-order valence-corrected chi connectivity index (χ0v) is 11.9. The van der Waals surface area contributed by atoms with Gasteiger partial charge >= 0.3 is 5.97 Å². The van der Waals surface area contributed by atoms with E-state index in [2.05, 4.69) is 20.7 Å². The number of carbonyl (C=O) groups excluding carboxylic acids is 2. The molecule has 1 aromatic rings. The van der Waals surface area contributed by atoms with Crippen LogP contribution < -0.4 is 9.47 Å². The summed E-state index contributed by atoms with van der Waals surface area (Å²) in [5.41, 5.74) is 0.557. The maximum atomic E-state index is 11.8. The van der Waals surface area contributed by atoms with E-state index in [1.165, 1.54) is 33.5 Å². The number of ether oxygens (including phenoxy) is 3. The van der Waals surface area contributed by atoms with Crippen molar-refractivity contribution in [3.05, 3.63) is 23.3 Å². The highest BCUT2D eigenvalue weighted by Gasteiger charge is 2.21. The lowest BCUT2D eigenvalue weighted by atomic mass is 10.1. The molecule has 1 aromatic carbocycles. The number of ketones is 1. The summed E-state index contributed by atoms with van der Waals surface area (Å²) in [7, 11) is 4.11. The van der Waals surface area contributed by atoms with Crippen LogP contribution in [0.25, 0.3) is 0 Å². The number of methoxy groups -OCH3 is 3. The highest BCUT2D eigenvalue weighted by Crippen LogP contribution is 2.31. The van der Waals surface area contributed by atoms with E-state index in [1.54, 1.807) is 0 Å². The van der Waals surface area contributed by atoms with Crippen LogP contribution in [0.4, 0.5) is 0 Å². The van der Waals surface area contributed by atoms with Gasteiger partial charge in [0.05, 0.1) is 32.2 Å². The van der Waals surface area contributed by atoms with Crippen LogP contribution in [-0.2, 0) is 4.74 Å². The molecule has 0 aliphatic heterocycles. The number of hydrogen-bond donors (Lipinski definition) is 0. The van der Waals surface area contributed by atoms with Crippen molar-refractivity contribution in [1.29, 1.82) is 0 Å². The lowest BCUT2D eigenvalue weighted by Crippen LogP contribution is -2.09. The Labute approximate surface area is 113 Å². The lowest BCUT2D eigenvalue weighted by molar-refractivity contribution is 0.0599. The van der Waals surface area contributed by atoms with Gasteiger partial charge in [0.1, 0.15) is 17.1 Å². The summed E-state index contributed by atoms with van der Waals surface area (Å²) < 4.78 is 14.9. The number of hydrogen-bond acceptors (Lipinski definition) is 5. The van der Waals surface area contributed by atoms with E-state index in [4.69, 9.17) is 9.47 Å².